The van der Waals surface area contributed by atoms with Crippen LogP contribution in [-0.2, 0) is 6.42 Å². The Balaban J connectivity index is 0.959. The van der Waals surface area contributed by atoms with Crippen molar-refractivity contribution in [2.24, 2.45) is 64.1 Å². The second-order valence-electron chi connectivity index (χ2n) is 19.9. The van der Waals surface area contributed by atoms with Crippen molar-refractivity contribution in [3.05, 3.63) is 71.8 Å². The minimum atomic E-state index is -0.594. The molecule has 0 radical (unpaired) electrons. The Morgan fingerprint density at radius 2 is 1.52 bits per heavy atom. The molecule has 2 aromatic carbocycles. The van der Waals surface area contributed by atoms with Gasteiger partial charge in [0.25, 0.3) is 0 Å². The molecule has 1 spiro atoms. The molecule has 4 nitrogen and oxygen atoms in total. The summed E-state index contributed by atoms with van der Waals surface area (Å²) in [4.78, 5) is 2.71. The van der Waals surface area contributed by atoms with Crippen molar-refractivity contribution in [1.29, 1.82) is 0 Å². The first-order valence-corrected chi connectivity index (χ1v) is 21.0. The predicted octanol–water partition coefficient (Wildman–Crippen LogP) is 8.49. The van der Waals surface area contributed by atoms with Crippen LogP contribution in [-0.4, -0.2) is 57.2 Å². The van der Waals surface area contributed by atoms with Gasteiger partial charge in [0.1, 0.15) is 0 Å². The molecule has 0 bridgehead atoms. The lowest BCUT2D eigenvalue weighted by atomic mass is 9.46. The lowest BCUT2D eigenvalue weighted by Crippen LogP contribution is -2.67. The van der Waals surface area contributed by atoms with Crippen molar-refractivity contribution >= 4 is 0 Å². The van der Waals surface area contributed by atoms with E-state index in [0.29, 0.717) is 53.4 Å². The third-order valence-corrected chi connectivity index (χ3v) is 17.4. The first-order chi connectivity index (χ1) is 24.1. The number of piperidine rings is 2. The maximum absolute atomic E-state index is 12.2. The highest BCUT2D eigenvalue weighted by Gasteiger charge is 2.67. The van der Waals surface area contributed by atoms with Crippen molar-refractivity contribution in [2.75, 3.05) is 13.1 Å². The topological polar surface area (TPSA) is 63.9 Å². The van der Waals surface area contributed by atoms with E-state index < -0.39 is 5.60 Å². The van der Waals surface area contributed by atoms with E-state index in [1.165, 1.54) is 49.8 Å². The molecular formula is C46H65NO3. The lowest BCUT2D eigenvalue weighted by Gasteiger charge is -2.60. The van der Waals surface area contributed by atoms with Crippen molar-refractivity contribution in [3.63, 3.8) is 0 Å². The molecule has 3 N–H and O–H groups in total. The molecule has 7 fully saturated rings. The van der Waals surface area contributed by atoms with E-state index in [2.05, 4.69) is 86.3 Å². The summed E-state index contributed by atoms with van der Waals surface area (Å²) in [6.45, 7) is 9.50. The first-order valence-electron chi connectivity index (χ1n) is 21.0. The highest BCUT2D eigenvalue weighted by Crippen LogP contribution is 2.71. The predicted molar refractivity (Wildman–Crippen MR) is 200 cm³/mol. The molecule has 272 valence electrons. The number of fused-ring (bicyclic) bond motifs is 8. The highest BCUT2D eigenvalue weighted by molar-refractivity contribution is 5.25. The van der Waals surface area contributed by atoms with E-state index in [1.54, 1.807) is 0 Å². The number of nitrogens with zero attached hydrogens (tertiary/aromatic N) is 1. The Kier molecular flexibility index (Phi) is 8.66. The van der Waals surface area contributed by atoms with Crippen LogP contribution in [0.15, 0.2) is 60.7 Å². The average Bonchev–Trinajstić information content (AvgIpc) is 3.69. The number of benzene rings is 2. The molecule has 16 unspecified atom stereocenters. The van der Waals surface area contributed by atoms with Crippen molar-refractivity contribution in [1.82, 2.24) is 4.90 Å². The van der Waals surface area contributed by atoms with Gasteiger partial charge in [0.15, 0.2) is 0 Å². The largest absolute Gasteiger partial charge is 0.393 e. The van der Waals surface area contributed by atoms with E-state index in [9.17, 15) is 15.3 Å². The van der Waals surface area contributed by atoms with Gasteiger partial charge in [-0.3, -0.25) is 4.90 Å². The number of aliphatic hydroxyl groups excluding tert-OH is 2. The fourth-order valence-corrected chi connectivity index (χ4v) is 15.3. The summed E-state index contributed by atoms with van der Waals surface area (Å²) in [7, 11) is 0. The quantitative estimate of drug-likeness (QED) is 0.297. The molecule has 2 aliphatic heterocycles. The number of aliphatic hydroxyl groups is 3. The second-order valence-corrected chi connectivity index (χ2v) is 19.9. The van der Waals surface area contributed by atoms with Gasteiger partial charge in [0, 0.05) is 19.1 Å². The van der Waals surface area contributed by atoms with Gasteiger partial charge in [0.05, 0.1) is 17.8 Å². The van der Waals surface area contributed by atoms with Gasteiger partial charge in [-0.15, -0.1) is 0 Å². The first kappa shape index (κ1) is 34.1. The van der Waals surface area contributed by atoms with Crippen LogP contribution < -0.4 is 0 Å². The minimum absolute atomic E-state index is 0.0204. The summed E-state index contributed by atoms with van der Waals surface area (Å²) in [6, 6.07) is 22.5. The van der Waals surface area contributed by atoms with Gasteiger partial charge in [0.2, 0.25) is 0 Å². The van der Waals surface area contributed by atoms with Crippen LogP contribution in [0.25, 0.3) is 0 Å². The Bertz CT molecular complexity index is 1500. The third kappa shape index (κ3) is 5.51. The van der Waals surface area contributed by atoms with Crippen LogP contribution in [0.5, 0.6) is 0 Å². The lowest BCUT2D eigenvalue weighted by molar-refractivity contribution is -0.180. The fourth-order valence-electron chi connectivity index (χ4n) is 15.3. The molecule has 16 atom stereocenters. The van der Waals surface area contributed by atoms with Crippen LogP contribution in [0.3, 0.4) is 0 Å². The molecular weight excluding hydrogens is 615 g/mol. The molecule has 2 saturated heterocycles. The van der Waals surface area contributed by atoms with Crippen LogP contribution in [0.1, 0.15) is 115 Å². The Morgan fingerprint density at radius 1 is 0.760 bits per heavy atom. The van der Waals surface area contributed by atoms with Gasteiger partial charge < -0.3 is 15.3 Å². The molecule has 7 aliphatic rings. The van der Waals surface area contributed by atoms with E-state index in [-0.39, 0.29) is 29.0 Å². The van der Waals surface area contributed by atoms with E-state index in [4.69, 9.17) is 0 Å². The molecule has 5 aliphatic carbocycles. The summed E-state index contributed by atoms with van der Waals surface area (Å²) in [5, 5.41) is 36.2. The average molecular weight is 680 g/mol. The monoisotopic (exact) mass is 679 g/mol. The van der Waals surface area contributed by atoms with Crippen LogP contribution >= 0.6 is 0 Å². The molecule has 4 heteroatoms. The van der Waals surface area contributed by atoms with E-state index >= 15 is 0 Å². The van der Waals surface area contributed by atoms with Gasteiger partial charge in [-0.1, -0.05) is 74.5 Å². The molecule has 9 rings (SSSR count). The number of hydrogen-bond acceptors (Lipinski definition) is 4. The minimum Gasteiger partial charge on any atom is -0.393 e. The zero-order valence-electron chi connectivity index (χ0n) is 31.2. The van der Waals surface area contributed by atoms with Crippen LogP contribution in [0.2, 0.25) is 0 Å². The zero-order valence-corrected chi connectivity index (χ0v) is 31.2. The van der Waals surface area contributed by atoms with E-state index in [0.717, 1.165) is 63.8 Å². The Labute approximate surface area is 302 Å². The Morgan fingerprint density at radius 3 is 2.30 bits per heavy atom. The van der Waals surface area contributed by atoms with E-state index in [1.807, 2.05) is 0 Å². The molecule has 0 aromatic heterocycles. The summed E-state index contributed by atoms with van der Waals surface area (Å²) in [5.41, 5.74) is 2.33. The molecule has 2 heterocycles. The van der Waals surface area contributed by atoms with Gasteiger partial charge >= 0.3 is 0 Å². The molecule has 0 amide bonds. The van der Waals surface area contributed by atoms with Crippen LogP contribution in [0, 0.1) is 64.1 Å². The SMILES string of the molecule is CC1CCC2N(C1)CC1C3CC4C(CC(O)C5CC(O)C6(CCC(CC(Cc7ccccc7)c7ccccc7)C6)CC54C)C3CCC1C2(C)O. The smallest absolute Gasteiger partial charge is 0.0805 e. The maximum atomic E-state index is 12.2. The summed E-state index contributed by atoms with van der Waals surface area (Å²) in [5.74, 6) is 5.61. The summed E-state index contributed by atoms with van der Waals surface area (Å²) in [6.07, 6.45) is 14.0. The second kappa shape index (κ2) is 12.7. The van der Waals surface area contributed by atoms with Crippen molar-refractivity contribution in [3.8, 4) is 0 Å². The Hall–Kier alpha value is -1.72. The summed E-state index contributed by atoms with van der Waals surface area (Å²) < 4.78 is 0. The van der Waals surface area contributed by atoms with Crippen molar-refractivity contribution < 1.29 is 15.3 Å². The highest BCUT2D eigenvalue weighted by atomic mass is 16.3. The zero-order chi connectivity index (χ0) is 34.4. The third-order valence-electron chi connectivity index (χ3n) is 17.4. The maximum Gasteiger partial charge on any atom is 0.0805 e. The molecule has 50 heavy (non-hydrogen) atoms. The van der Waals surface area contributed by atoms with Crippen molar-refractivity contribution in [2.45, 2.75) is 134 Å². The standard InChI is InChI=1S/C46H65NO3/c1-29-14-17-42-45(3,50)38-16-15-34-35(37(38)27-47(42)26-29)22-39-36(34)23-41(48)40-24-43(49)46(28-44(39,40)2)19-18-31(25-46)21-33(32-12-8-5-9-13-32)20-30-10-6-4-7-11-30/h4-13,29,31,33-43,48-50H,14-28H2,1-3H3. The normalized spacial score (nSPS) is 49.0. The van der Waals surface area contributed by atoms with Gasteiger partial charge in [-0.2, -0.15) is 0 Å². The molecule has 2 aromatic rings. The number of hydrogen-bond donors (Lipinski definition) is 3. The van der Waals surface area contributed by atoms with Crippen LogP contribution in [0.4, 0.5) is 0 Å². The fraction of sp³-hybridized carbons (Fsp3) is 0.739. The number of rotatable bonds is 5. The summed E-state index contributed by atoms with van der Waals surface area (Å²) >= 11 is 0. The van der Waals surface area contributed by atoms with Gasteiger partial charge in [-0.25, -0.2) is 0 Å². The molecule has 5 saturated carbocycles. The van der Waals surface area contributed by atoms with Gasteiger partial charge in [-0.05, 0) is 172 Å².